The molecule has 1 aliphatic heterocycles. The van der Waals surface area contributed by atoms with Crippen LogP contribution >= 0.6 is 0 Å². The predicted octanol–water partition coefficient (Wildman–Crippen LogP) is 0.110. The van der Waals surface area contributed by atoms with Crippen LogP contribution < -0.4 is 21.2 Å². The summed E-state index contributed by atoms with van der Waals surface area (Å²) in [6, 6.07) is 9.08. The van der Waals surface area contributed by atoms with Crippen molar-refractivity contribution in [2.75, 3.05) is 13.1 Å². The largest absolute Gasteiger partial charge is 0.508 e. The van der Waals surface area contributed by atoms with Crippen molar-refractivity contribution in [3.8, 4) is 22.6 Å². The number of nitrogens with two attached hydrogens (primary N) is 1. The number of aliphatic hydroxyl groups is 3. The molecule has 0 unspecified atom stereocenters. The number of phenols is 1. The molecule has 0 saturated carbocycles. The van der Waals surface area contributed by atoms with Gasteiger partial charge in [-0.1, -0.05) is 26.0 Å². The Hall–Kier alpha value is -4.34. The summed E-state index contributed by atoms with van der Waals surface area (Å²) >= 11 is 0. The molecule has 5 atom stereocenters. The minimum atomic E-state index is -3.05. The Morgan fingerprint density at radius 2 is 1.84 bits per heavy atom. The zero-order valence-electron chi connectivity index (χ0n) is 23.2. The lowest BCUT2D eigenvalue weighted by atomic mass is 9.74. The highest BCUT2D eigenvalue weighted by Gasteiger charge is 2.67. The highest BCUT2D eigenvalue weighted by Crippen LogP contribution is 2.39. The van der Waals surface area contributed by atoms with E-state index in [1.165, 1.54) is 36.4 Å². The van der Waals surface area contributed by atoms with Gasteiger partial charge in [-0.2, -0.15) is 0 Å². The van der Waals surface area contributed by atoms with Crippen molar-refractivity contribution >= 4 is 29.1 Å². The lowest BCUT2D eigenvalue weighted by Crippen LogP contribution is -2.79. The lowest BCUT2D eigenvalue weighted by Gasteiger charge is -2.51. The van der Waals surface area contributed by atoms with Crippen LogP contribution in [0.4, 0.5) is 0 Å². The Labute approximate surface area is 244 Å². The molecular weight excluding hydrogens is 568 g/mol. The van der Waals surface area contributed by atoms with E-state index in [-0.39, 0.29) is 45.8 Å². The molecule has 2 aromatic carbocycles. The average molecular weight is 601 g/mol. The van der Waals surface area contributed by atoms with Crippen LogP contribution in [0.25, 0.3) is 22.1 Å². The summed E-state index contributed by atoms with van der Waals surface area (Å²) in [4.78, 5) is 49.6. The number of amides is 1. The van der Waals surface area contributed by atoms with Gasteiger partial charge in [-0.15, -0.1) is 0 Å². The van der Waals surface area contributed by atoms with Crippen LogP contribution in [0, 0.1) is 5.92 Å². The average Bonchev–Trinajstić information content (AvgIpc) is 2.95. The number of aldehydes is 1. The molecule has 0 bridgehead atoms. The van der Waals surface area contributed by atoms with E-state index in [9.17, 15) is 44.7 Å². The van der Waals surface area contributed by atoms with Crippen LogP contribution in [-0.4, -0.2) is 86.5 Å². The Morgan fingerprint density at radius 1 is 1.16 bits per heavy atom. The molecule has 14 nitrogen and oxygen atoms in total. The van der Waals surface area contributed by atoms with E-state index in [4.69, 9.17) is 19.6 Å². The molecule has 3 aromatic rings. The summed E-state index contributed by atoms with van der Waals surface area (Å²) in [5.41, 5.74) is -1.01. The number of carbonyl (C=O) groups is 3. The summed E-state index contributed by atoms with van der Waals surface area (Å²) in [6.45, 7) is 3.66. The smallest absolute Gasteiger partial charge is 0.335 e. The maximum Gasteiger partial charge on any atom is 0.335 e. The van der Waals surface area contributed by atoms with Crippen molar-refractivity contribution in [3.05, 3.63) is 58.4 Å². The van der Waals surface area contributed by atoms with E-state index in [1.807, 2.05) is 13.8 Å². The summed E-state index contributed by atoms with van der Waals surface area (Å²) in [5, 5.41) is 55.4. The maximum absolute atomic E-state index is 13.4. The fourth-order valence-electron chi connectivity index (χ4n) is 4.81. The van der Waals surface area contributed by atoms with Crippen molar-refractivity contribution in [1.82, 2.24) is 5.32 Å². The van der Waals surface area contributed by atoms with Gasteiger partial charge in [0.05, 0.1) is 10.9 Å². The number of hydrogen-bond donors (Lipinski definition) is 7. The molecule has 14 heteroatoms. The van der Waals surface area contributed by atoms with Crippen LogP contribution in [0.1, 0.15) is 30.8 Å². The van der Waals surface area contributed by atoms with E-state index in [0.717, 1.165) is 6.07 Å². The number of aliphatic carboxylic acids is 1. The van der Waals surface area contributed by atoms with Crippen LogP contribution in [-0.2, 0) is 14.3 Å². The molecule has 8 N–H and O–H groups in total. The number of primary amides is 1. The van der Waals surface area contributed by atoms with Gasteiger partial charge in [-0.05, 0) is 48.7 Å². The van der Waals surface area contributed by atoms with Crippen LogP contribution in [0.15, 0.2) is 51.7 Å². The van der Waals surface area contributed by atoms with Crippen molar-refractivity contribution in [2.45, 2.75) is 50.0 Å². The quantitative estimate of drug-likeness (QED) is 0.114. The molecule has 0 aliphatic carbocycles. The predicted molar refractivity (Wildman–Crippen MR) is 149 cm³/mol. The van der Waals surface area contributed by atoms with Gasteiger partial charge in [0, 0.05) is 12.6 Å². The van der Waals surface area contributed by atoms with Gasteiger partial charge in [-0.25, -0.2) is 4.79 Å². The standard InChI is InChI=1S/C29H32N2O12/c1-14(2)9-10-31-12-28(39)27(43-23(26(37)38)24(35)29(28,40)13-32)41-17-7-8-18-19(11-17)42-22(25(30)36)20(21(18)34)15-3-5-16(33)6-4-15/h3-8,11,13-14,23-24,27,31,33,35,39-40H,9-10,12H2,1-2H3,(H2,30,36)(H,37,38)/t23-,24+,27+,28-,29-/m0/s1. The third-order valence-electron chi connectivity index (χ3n) is 7.29. The van der Waals surface area contributed by atoms with Crippen LogP contribution in [0.3, 0.4) is 0 Å². The third-order valence-corrected chi connectivity index (χ3v) is 7.29. The first-order chi connectivity index (χ1) is 20.2. The van der Waals surface area contributed by atoms with E-state index < -0.39 is 59.3 Å². The lowest BCUT2D eigenvalue weighted by molar-refractivity contribution is -0.334. The second kappa shape index (κ2) is 12.1. The molecule has 1 fully saturated rings. The van der Waals surface area contributed by atoms with Gasteiger partial charge < -0.3 is 50.5 Å². The number of carboxylic acid groups (broad SMARTS) is 1. The number of benzene rings is 2. The number of carboxylic acids is 1. The Morgan fingerprint density at radius 3 is 2.42 bits per heavy atom. The highest BCUT2D eigenvalue weighted by atomic mass is 16.7. The second-order valence-corrected chi connectivity index (χ2v) is 10.7. The van der Waals surface area contributed by atoms with Crippen molar-refractivity contribution in [3.63, 3.8) is 0 Å². The molecule has 43 heavy (non-hydrogen) atoms. The minimum Gasteiger partial charge on any atom is -0.508 e. The third kappa shape index (κ3) is 5.83. The van der Waals surface area contributed by atoms with Crippen LogP contribution in [0.5, 0.6) is 11.5 Å². The van der Waals surface area contributed by atoms with Crippen molar-refractivity contribution < 1.29 is 53.8 Å². The highest BCUT2D eigenvalue weighted by molar-refractivity contribution is 5.99. The molecule has 2 heterocycles. The Bertz CT molecular complexity index is 1590. The van der Waals surface area contributed by atoms with E-state index in [0.29, 0.717) is 13.0 Å². The SMILES string of the molecule is CC(C)CCNC[C@]1(O)[C@H](Oc2ccc3c(=O)c(-c4ccc(O)cc4)c(C(N)=O)oc3c2)O[C@H](C(=O)O)[C@@H](O)[C@@]1(O)C=O. The molecule has 0 spiro atoms. The molecule has 1 amide bonds. The number of aliphatic hydroxyl groups excluding tert-OH is 1. The Balaban J connectivity index is 1.78. The molecule has 1 aliphatic rings. The van der Waals surface area contributed by atoms with Crippen molar-refractivity contribution in [2.24, 2.45) is 11.7 Å². The number of fused-ring (bicyclic) bond motifs is 1. The van der Waals surface area contributed by atoms with Gasteiger partial charge in [0.15, 0.2) is 23.6 Å². The fourth-order valence-corrected chi connectivity index (χ4v) is 4.81. The van der Waals surface area contributed by atoms with E-state index >= 15 is 0 Å². The summed E-state index contributed by atoms with van der Waals surface area (Å²) < 4.78 is 16.8. The van der Waals surface area contributed by atoms with Gasteiger partial charge in [0.1, 0.15) is 23.2 Å². The molecular formula is C29H32N2O12. The number of aromatic hydroxyl groups is 1. The molecule has 230 valence electrons. The number of ether oxygens (including phenoxy) is 2. The number of phenolic OH excluding ortho intramolecular Hbond substituents is 1. The van der Waals surface area contributed by atoms with Crippen LogP contribution in [0.2, 0.25) is 0 Å². The second-order valence-electron chi connectivity index (χ2n) is 10.7. The molecule has 1 saturated heterocycles. The van der Waals surface area contributed by atoms with Gasteiger partial charge >= 0.3 is 5.97 Å². The topological polar surface area (TPSA) is 239 Å². The van der Waals surface area contributed by atoms with Gasteiger partial charge in [-0.3, -0.25) is 14.4 Å². The monoisotopic (exact) mass is 600 g/mol. The molecule has 0 radical (unpaired) electrons. The number of nitrogens with one attached hydrogen (secondary N) is 1. The van der Waals surface area contributed by atoms with Gasteiger partial charge in [0.2, 0.25) is 17.5 Å². The number of rotatable bonds is 11. The van der Waals surface area contributed by atoms with Gasteiger partial charge in [0.25, 0.3) is 5.91 Å². The van der Waals surface area contributed by atoms with Crippen molar-refractivity contribution in [1.29, 1.82) is 0 Å². The van der Waals surface area contributed by atoms with E-state index in [1.54, 1.807) is 0 Å². The first-order valence-corrected chi connectivity index (χ1v) is 13.3. The fraction of sp³-hybridized carbons (Fsp3) is 0.379. The summed E-state index contributed by atoms with van der Waals surface area (Å²) in [5.74, 6) is -3.31. The maximum atomic E-state index is 13.4. The normalized spacial score (nSPS) is 25.5. The number of carbonyl (C=O) groups excluding carboxylic acids is 2. The molecule has 4 rings (SSSR count). The summed E-state index contributed by atoms with van der Waals surface area (Å²) in [6.07, 6.45) is -6.12. The zero-order valence-corrected chi connectivity index (χ0v) is 23.2. The summed E-state index contributed by atoms with van der Waals surface area (Å²) in [7, 11) is 0. The first-order valence-electron chi connectivity index (χ1n) is 13.3. The molecule has 1 aromatic heterocycles. The zero-order chi connectivity index (χ0) is 31.7. The first kappa shape index (κ1) is 31.6. The minimum absolute atomic E-state index is 0.0150. The van der Waals surface area contributed by atoms with E-state index in [2.05, 4.69) is 5.32 Å². The number of hydrogen-bond acceptors (Lipinski definition) is 12. The Kier molecular flexibility index (Phi) is 8.89.